The Hall–Kier alpha value is -1.69. The summed E-state index contributed by atoms with van der Waals surface area (Å²) in [5.74, 6) is 0.737. The molecule has 0 radical (unpaired) electrons. The lowest BCUT2D eigenvalue weighted by atomic mass is 10.00. The highest BCUT2D eigenvalue weighted by molar-refractivity contribution is 5.79. The van der Waals surface area contributed by atoms with Crippen molar-refractivity contribution >= 4 is 5.91 Å². The van der Waals surface area contributed by atoms with Gasteiger partial charge in [0.2, 0.25) is 5.91 Å². The van der Waals surface area contributed by atoms with Gasteiger partial charge in [-0.2, -0.15) is 4.98 Å². The van der Waals surface area contributed by atoms with Gasteiger partial charge in [-0.3, -0.25) is 4.79 Å². The van der Waals surface area contributed by atoms with Gasteiger partial charge in [-0.1, -0.05) is 0 Å². The minimum absolute atomic E-state index is 0.0525. The number of carbonyl (C=O) groups is 1. The van der Waals surface area contributed by atoms with E-state index in [0.29, 0.717) is 23.9 Å². The Balaban J connectivity index is 1.72. The zero-order chi connectivity index (χ0) is 15.1. The van der Waals surface area contributed by atoms with Crippen LogP contribution in [0.3, 0.4) is 0 Å². The summed E-state index contributed by atoms with van der Waals surface area (Å²) >= 11 is 0. The van der Waals surface area contributed by atoms with Crippen molar-refractivity contribution in [3.63, 3.8) is 0 Å². The molecule has 6 heteroatoms. The number of likely N-dealkylation sites (tertiary alicyclic amines) is 1. The molecule has 2 heterocycles. The highest BCUT2D eigenvalue weighted by Crippen LogP contribution is 2.38. The first-order valence-corrected chi connectivity index (χ1v) is 7.48. The molecule has 1 saturated heterocycles. The van der Waals surface area contributed by atoms with Crippen molar-refractivity contribution in [3.8, 4) is 0 Å². The molecule has 0 bridgehead atoms. The fourth-order valence-electron chi connectivity index (χ4n) is 3.72. The third kappa shape index (κ3) is 2.60. The Labute approximate surface area is 123 Å². The number of fused-ring (bicyclic) bond motifs is 1. The van der Waals surface area contributed by atoms with E-state index in [-0.39, 0.29) is 30.0 Å². The molecule has 1 aromatic rings. The second-order valence-electron chi connectivity index (χ2n) is 6.28. The van der Waals surface area contributed by atoms with Crippen LogP contribution in [0.2, 0.25) is 0 Å². The van der Waals surface area contributed by atoms with E-state index in [1.807, 2.05) is 4.90 Å². The second kappa shape index (κ2) is 5.26. The molecule has 3 rings (SSSR count). The summed E-state index contributed by atoms with van der Waals surface area (Å²) < 4.78 is 0. The van der Waals surface area contributed by atoms with E-state index in [2.05, 4.69) is 9.97 Å². The lowest BCUT2D eigenvalue weighted by molar-refractivity contribution is -0.129. The third-order valence-electron chi connectivity index (χ3n) is 4.95. The summed E-state index contributed by atoms with van der Waals surface area (Å²) in [4.78, 5) is 32.1. The van der Waals surface area contributed by atoms with Gasteiger partial charge in [-0.25, -0.2) is 4.79 Å². The SMILES string of the molecule is Cc1nc(=O)[nH]c(C)c1CC(=O)N1CC2CCC(O)C2C1. The normalized spacial score (nSPS) is 28.0. The van der Waals surface area contributed by atoms with Gasteiger partial charge in [-0.15, -0.1) is 0 Å². The molecule has 0 aromatic carbocycles. The Morgan fingerprint density at radius 3 is 2.81 bits per heavy atom. The van der Waals surface area contributed by atoms with Crippen molar-refractivity contribution in [1.29, 1.82) is 0 Å². The quantitative estimate of drug-likeness (QED) is 0.812. The van der Waals surface area contributed by atoms with Crippen LogP contribution in [0.15, 0.2) is 4.79 Å². The molecular weight excluding hydrogens is 270 g/mol. The minimum atomic E-state index is -0.375. The van der Waals surface area contributed by atoms with Crippen LogP contribution >= 0.6 is 0 Å². The fourth-order valence-corrected chi connectivity index (χ4v) is 3.72. The molecule has 2 aliphatic rings. The smallest absolute Gasteiger partial charge is 0.345 e. The first-order valence-electron chi connectivity index (χ1n) is 7.48. The Morgan fingerprint density at radius 2 is 2.14 bits per heavy atom. The van der Waals surface area contributed by atoms with Gasteiger partial charge in [0.15, 0.2) is 0 Å². The maximum atomic E-state index is 12.5. The lowest BCUT2D eigenvalue weighted by Crippen LogP contribution is -2.33. The van der Waals surface area contributed by atoms with Crippen LogP contribution in [0.1, 0.15) is 29.8 Å². The first kappa shape index (κ1) is 14.3. The van der Waals surface area contributed by atoms with E-state index in [1.54, 1.807) is 13.8 Å². The summed E-state index contributed by atoms with van der Waals surface area (Å²) in [7, 11) is 0. The van der Waals surface area contributed by atoms with Gasteiger partial charge in [0.1, 0.15) is 0 Å². The second-order valence-corrected chi connectivity index (χ2v) is 6.28. The molecule has 2 N–H and O–H groups in total. The molecule has 1 aromatic heterocycles. The average Bonchev–Trinajstić information content (AvgIpc) is 2.96. The summed E-state index contributed by atoms with van der Waals surface area (Å²) in [6, 6.07) is 0. The molecule has 3 atom stereocenters. The Kier molecular flexibility index (Phi) is 3.57. The third-order valence-corrected chi connectivity index (χ3v) is 4.95. The predicted molar refractivity (Wildman–Crippen MR) is 76.8 cm³/mol. The highest BCUT2D eigenvalue weighted by Gasteiger charge is 2.43. The number of nitrogens with zero attached hydrogens (tertiary/aromatic N) is 2. The predicted octanol–water partition coefficient (Wildman–Crippen LogP) is 0.159. The molecule has 6 nitrogen and oxygen atoms in total. The lowest BCUT2D eigenvalue weighted by Gasteiger charge is -2.19. The van der Waals surface area contributed by atoms with Gasteiger partial charge in [0.25, 0.3) is 0 Å². The van der Waals surface area contributed by atoms with Gasteiger partial charge in [0.05, 0.1) is 12.5 Å². The molecule has 1 saturated carbocycles. The molecule has 1 aliphatic heterocycles. The molecule has 21 heavy (non-hydrogen) atoms. The van der Waals surface area contributed by atoms with Crippen molar-refractivity contribution in [3.05, 3.63) is 27.4 Å². The number of aromatic nitrogens is 2. The maximum Gasteiger partial charge on any atom is 0.345 e. The number of H-pyrrole nitrogens is 1. The van der Waals surface area contributed by atoms with E-state index in [4.69, 9.17) is 0 Å². The number of nitrogens with one attached hydrogen (secondary N) is 1. The van der Waals surface area contributed by atoms with Crippen molar-refractivity contribution < 1.29 is 9.90 Å². The van der Waals surface area contributed by atoms with E-state index < -0.39 is 0 Å². The van der Waals surface area contributed by atoms with Crippen LogP contribution in [-0.2, 0) is 11.2 Å². The first-order chi connectivity index (χ1) is 9.95. The topological polar surface area (TPSA) is 86.3 Å². The van der Waals surface area contributed by atoms with Crippen LogP contribution in [-0.4, -0.2) is 45.1 Å². The monoisotopic (exact) mass is 291 g/mol. The number of amides is 1. The van der Waals surface area contributed by atoms with Gasteiger partial charge >= 0.3 is 5.69 Å². The number of hydrogen-bond donors (Lipinski definition) is 2. The Bertz CT molecular complexity index is 599. The number of hydrogen-bond acceptors (Lipinski definition) is 4. The van der Waals surface area contributed by atoms with Crippen molar-refractivity contribution in [2.75, 3.05) is 13.1 Å². The van der Waals surface area contributed by atoms with Crippen LogP contribution in [0, 0.1) is 25.7 Å². The number of aliphatic hydroxyl groups is 1. The molecule has 1 amide bonds. The van der Waals surface area contributed by atoms with Crippen LogP contribution < -0.4 is 5.69 Å². The summed E-state index contributed by atoms with van der Waals surface area (Å²) in [5.41, 5.74) is 1.75. The minimum Gasteiger partial charge on any atom is -0.393 e. The summed E-state index contributed by atoms with van der Waals surface area (Å²) in [6.07, 6.45) is 1.87. The van der Waals surface area contributed by atoms with E-state index in [1.165, 1.54) is 0 Å². The molecule has 114 valence electrons. The van der Waals surface area contributed by atoms with E-state index in [9.17, 15) is 14.7 Å². The molecule has 0 spiro atoms. The number of aliphatic hydroxyl groups excluding tert-OH is 1. The molecule has 1 aliphatic carbocycles. The number of aryl methyl sites for hydroxylation is 2. The van der Waals surface area contributed by atoms with Crippen molar-refractivity contribution in [2.45, 2.75) is 39.2 Å². The van der Waals surface area contributed by atoms with E-state index in [0.717, 1.165) is 24.9 Å². The molecule has 3 unspecified atom stereocenters. The van der Waals surface area contributed by atoms with Crippen LogP contribution in [0.5, 0.6) is 0 Å². The average molecular weight is 291 g/mol. The zero-order valence-electron chi connectivity index (χ0n) is 12.4. The summed E-state index contributed by atoms with van der Waals surface area (Å²) in [5, 5.41) is 9.92. The molecular formula is C15H21N3O3. The van der Waals surface area contributed by atoms with Crippen LogP contribution in [0.4, 0.5) is 0 Å². The largest absolute Gasteiger partial charge is 0.393 e. The van der Waals surface area contributed by atoms with Crippen LogP contribution in [0.25, 0.3) is 0 Å². The fraction of sp³-hybridized carbons (Fsp3) is 0.667. The van der Waals surface area contributed by atoms with Crippen molar-refractivity contribution in [1.82, 2.24) is 14.9 Å². The van der Waals surface area contributed by atoms with Gasteiger partial charge in [0, 0.05) is 36.0 Å². The highest BCUT2D eigenvalue weighted by atomic mass is 16.3. The zero-order valence-corrected chi connectivity index (χ0v) is 12.4. The maximum absolute atomic E-state index is 12.5. The van der Waals surface area contributed by atoms with Gasteiger partial charge < -0.3 is 15.0 Å². The molecule has 2 fully saturated rings. The number of carbonyl (C=O) groups excluding carboxylic acids is 1. The standard InChI is InChI=1S/C15H21N3O3/c1-8-11(9(2)17-15(21)16-8)5-14(20)18-6-10-3-4-13(19)12(10)7-18/h10,12-13,19H,3-7H2,1-2H3,(H,16,17,21). The van der Waals surface area contributed by atoms with Gasteiger partial charge in [-0.05, 0) is 32.6 Å². The number of aromatic amines is 1. The number of rotatable bonds is 2. The van der Waals surface area contributed by atoms with E-state index >= 15 is 0 Å². The summed E-state index contributed by atoms with van der Waals surface area (Å²) in [6.45, 7) is 4.95. The Morgan fingerprint density at radius 1 is 1.38 bits per heavy atom. The van der Waals surface area contributed by atoms with Crippen molar-refractivity contribution in [2.24, 2.45) is 11.8 Å².